The highest BCUT2D eigenvalue weighted by atomic mass is 127. The lowest BCUT2D eigenvalue weighted by Gasteiger charge is -2.18. The lowest BCUT2D eigenvalue weighted by atomic mass is 9.89. The summed E-state index contributed by atoms with van der Waals surface area (Å²) in [6.45, 7) is 2.50. The number of halogens is 2. The van der Waals surface area contributed by atoms with Gasteiger partial charge in [-0.25, -0.2) is 9.87 Å². The Hall–Kier alpha value is -2.02. The van der Waals surface area contributed by atoms with Crippen LogP contribution in [0.2, 0.25) is 0 Å². The molecule has 4 N–H and O–H groups in total. The molecule has 0 unspecified atom stereocenters. The number of pyridine rings is 1. The molecule has 152 valence electrons. The first-order valence-corrected chi connectivity index (χ1v) is 9.67. The SMILES string of the molecule is [B]c1cncc(/C(Nc2ccc(I)cc2F)=C(\C)C(=O)NOC[C@H](O)CO)c1C. The molecule has 0 saturated heterocycles. The summed E-state index contributed by atoms with van der Waals surface area (Å²) in [6, 6.07) is 4.65. The summed E-state index contributed by atoms with van der Waals surface area (Å²) in [6.07, 6.45) is 1.88. The van der Waals surface area contributed by atoms with E-state index in [2.05, 4.69) is 15.8 Å². The van der Waals surface area contributed by atoms with Crippen LogP contribution in [0, 0.1) is 16.3 Å². The van der Waals surface area contributed by atoms with Gasteiger partial charge in [-0.15, -0.1) is 0 Å². The highest BCUT2D eigenvalue weighted by Gasteiger charge is 2.18. The van der Waals surface area contributed by atoms with Gasteiger partial charge < -0.3 is 15.5 Å². The molecular weight excluding hydrogens is 491 g/mol. The summed E-state index contributed by atoms with van der Waals surface area (Å²) in [5.74, 6) is -1.11. The molecule has 0 bridgehead atoms. The standard InChI is InChI=1S/C19H20BFIN3O4/c1-10-14(6-23-7-15(10)20)18(24-17-4-3-12(22)5-16(17)21)11(2)19(28)25-29-9-13(27)8-26/h3-7,13,24,26-27H,8-9H2,1-2H3,(H,25,28)/b18-11-/t13-/m1/s1. The van der Waals surface area contributed by atoms with E-state index in [0.29, 0.717) is 22.3 Å². The van der Waals surface area contributed by atoms with Crippen LogP contribution in [0.1, 0.15) is 18.1 Å². The van der Waals surface area contributed by atoms with E-state index in [0.717, 1.165) is 3.57 Å². The Morgan fingerprint density at radius 1 is 1.41 bits per heavy atom. The average Bonchev–Trinajstić information content (AvgIpc) is 2.69. The second kappa shape index (κ2) is 10.7. The zero-order valence-corrected chi connectivity index (χ0v) is 18.0. The molecular formula is C19H20BFIN3O4. The summed E-state index contributed by atoms with van der Waals surface area (Å²) in [4.78, 5) is 21.5. The first-order valence-electron chi connectivity index (χ1n) is 8.59. The Bertz CT molecular complexity index is 926. The van der Waals surface area contributed by atoms with E-state index in [1.807, 2.05) is 22.6 Å². The van der Waals surface area contributed by atoms with Crippen LogP contribution in [0.25, 0.3) is 5.70 Å². The van der Waals surface area contributed by atoms with Crippen LogP contribution in [0.15, 0.2) is 36.2 Å². The van der Waals surface area contributed by atoms with Gasteiger partial charge in [0.1, 0.15) is 26.4 Å². The van der Waals surface area contributed by atoms with Gasteiger partial charge in [-0.3, -0.25) is 14.6 Å². The van der Waals surface area contributed by atoms with Crippen molar-refractivity contribution in [1.82, 2.24) is 10.5 Å². The largest absolute Gasteiger partial charge is 0.394 e. The van der Waals surface area contributed by atoms with E-state index in [-0.39, 0.29) is 17.9 Å². The van der Waals surface area contributed by atoms with Crippen molar-refractivity contribution < 1.29 is 24.2 Å². The molecule has 0 aliphatic carbocycles. The highest BCUT2D eigenvalue weighted by Crippen LogP contribution is 2.26. The molecule has 2 radical (unpaired) electrons. The molecule has 10 heteroatoms. The fourth-order valence-electron chi connectivity index (χ4n) is 2.33. The molecule has 1 amide bonds. The molecule has 0 saturated carbocycles. The Morgan fingerprint density at radius 3 is 2.79 bits per heavy atom. The lowest BCUT2D eigenvalue weighted by Crippen LogP contribution is -2.31. The number of nitrogens with one attached hydrogen (secondary N) is 2. The molecule has 2 aromatic rings. The minimum absolute atomic E-state index is 0.172. The summed E-state index contributed by atoms with van der Waals surface area (Å²) in [7, 11) is 5.94. The maximum absolute atomic E-state index is 14.4. The van der Waals surface area contributed by atoms with E-state index < -0.39 is 24.4 Å². The predicted molar refractivity (Wildman–Crippen MR) is 117 cm³/mol. The zero-order chi connectivity index (χ0) is 21.6. The molecule has 1 atom stereocenters. The van der Waals surface area contributed by atoms with Crippen molar-refractivity contribution in [1.29, 1.82) is 0 Å². The molecule has 29 heavy (non-hydrogen) atoms. The Balaban J connectivity index is 2.41. The molecule has 0 aliphatic rings. The number of nitrogens with zero attached hydrogens (tertiary/aromatic N) is 1. The van der Waals surface area contributed by atoms with Crippen LogP contribution in [0.4, 0.5) is 10.1 Å². The second-order valence-corrected chi connectivity index (χ2v) is 7.47. The number of carbonyl (C=O) groups is 1. The fraction of sp³-hybridized carbons (Fsp3) is 0.263. The average molecular weight is 511 g/mol. The third kappa shape index (κ3) is 6.23. The number of carbonyl (C=O) groups excluding carboxylic acids is 1. The third-order valence-corrected chi connectivity index (χ3v) is 4.75. The third-order valence-electron chi connectivity index (χ3n) is 4.08. The smallest absolute Gasteiger partial charge is 0.272 e. The summed E-state index contributed by atoms with van der Waals surface area (Å²) < 4.78 is 15.1. The van der Waals surface area contributed by atoms with Gasteiger partial charge in [0, 0.05) is 27.1 Å². The Morgan fingerprint density at radius 2 is 2.14 bits per heavy atom. The van der Waals surface area contributed by atoms with E-state index in [1.165, 1.54) is 25.4 Å². The molecule has 1 aromatic heterocycles. The number of aromatic nitrogens is 1. The molecule has 7 nitrogen and oxygen atoms in total. The summed E-state index contributed by atoms with van der Waals surface area (Å²) >= 11 is 2.00. The van der Waals surface area contributed by atoms with Gasteiger partial charge in [-0.2, -0.15) is 0 Å². The normalized spacial score (nSPS) is 12.9. The van der Waals surface area contributed by atoms with Crippen molar-refractivity contribution in [2.45, 2.75) is 20.0 Å². The van der Waals surface area contributed by atoms with Crippen LogP contribution in [0.5, 0.6) is 0 Å². The van der Waals surface area contributed by atoms with E-state index in [1.54, 1.807) is 19.1 Å². The van der Waals surface area contributed by atoms with Gasteiger partial charge in [-0.1, -0.05) is 5.46 Å². The first-order chi connectivity index (χ1) is 13.7. The molecule has 0 spiro atoms. The lowest BCUT2D eigenvalue weighted by molar-refractivity contribution is -0.132. The maximum atomic E-state index is 14.4. The van der Waals surface area contributed by atoms with Gasteiger partial charge in [0.15, 0.2) is 0 Å². The minimum Gasteiger partial charge on any atom is -0.394 e. The van der Waals surface area contributed by atoms with E-state index in [4.69, 9.17) is 17.8 Å². The van der Waals surface area contributed by atoms with E-state index >= 15 is 0 Å². The van der Waals surface area contributed by atoms with Crippen LogP contribution in [-0.2, 0) is 9.63 Å². The number of aliphatic hydroxyl groups is 2. The number of hydrogen-bond acceptors (Lipinski definition) is 6. The molecule has 1 heterocycles. The Kier molecular flexibility index (Phi) is 8.56. The monoisotopic (exact) mass is 511 g/mol. The minimum atomic E-state index is -1.13. The fourth-order valence-corrected chi connectivity index (χ4v) is 2.78. The van der Waals surface area contributed by atoms with Gasteiger partial charge >= 0.3 is 0 Å². The predicted octanol–water partition coefficient (Wildman–Crippen LogP) is 1.17. The van der Waals surface area contributed by atoms with Gasteiger partial charge in [0.25, 0.3) is 5.91 Å². The van der Waals surface area contributed by atoms with Crippen LogP contribution in [0.3, 0.4) is 0 Å². The van der Waals surface area contributed by atoms with Crippen molar-refractivity contribution in [3.05, 3.63) is 56.7 Å². The first kappa shape index (κ1) is 23.3. The molecule has 2 rings (SSSR count). The number of hydroxylamine groups is 1. The van der Waals surface area contributed by atoms with Crippen molar-refractivity contribution >= 4 is 53.2 Å². The van der Waals surface area contributed by atoms with Crippen molar-refractivity contribution in [3.8, 4) is 0 Å². The number of aliphatic hydroxyl groups excluding tert-OH is 2. The zero-order valence-electron chi connectivity index (χ0n) is 15.9. The van der Waals surface area contributed by atoms with Crippen LogP contribution in [-0.4, -0.2) is 48.3 Å². The maximum Gasteiger partial charge on any atom is 0.272 e. The number of rotatable bonds is 8. The quantitative estimate of drug-likeness (QED) is 0.184. The molecule has 1 aromatic carbocycles. The second-order valence-electron chi connectivity index (χ2n) is 6.23. The van der Waals surface area contributed by atoms with Crippen LogP contribution >= 0.6 is 22.6 Å². The van der Waals surface area contributed by atoms with Crippen molar-refractivity contribution in [2.24, 2.45) is 0 Å². The summed E-state index contributed by atoms with van der Waals surface area (Å²) in [5.41, 5.74) is 4.43. The number of amides is 1. The number of benzene rings is 1. The number of anilines is 1. The Labute approximate surface area is 182 Å². The van der Waals surface area contributed by atoms with Gasteiger partial charge in [0.2, 0.25) is 0 Å². The number of hydrogen-bond donors (Lipinski definition) is 4. The van der Waals surface area contributed by atoms with Crippen LogP contribution < -0.4 is 16.3 Å². The molecule has 0 fully saturated rings. The summed E-state index contributed by atoms with van der Waals surface area (Å²) in [5, 5.41) is 21.0. The van der Waals surface area contributed by atoms with E-state index in [9.17, 15) is 14.3 Å². The van der Waals surface area contributed by atoms with Gasteiger partial charge in [0.05, 0.1) is 18.0 Å². The van der Waals surface area contributed by atoms with Crippen molar-refractivity contribution in [3.63, 3.8) is 0 Å². The molecule has 0 aliphatic heterocycles. The van der Waals surface area contributed by atoms with Gasteiger partial charge in [-0.05, 0) is 60.2 Å². The highest BCUT2D eigenvalue weighted by molar-refractivity contribution is 14.1. The van der Waals surface area contributed by atoms with Crippen molar-refractivity contribution in [2.75, 3.05) is 18.5 Å². The topological polar surface area (TPSA) is 104 Å².